The number of aliphatic hydroxyl groups excluding tert-OH is 1. The highest BCUT2D eigenvalue weighted by atomic mass is 32.2. The molecular formula is C34H50N4O5S2. The fourth-order valence-electron chi connectivity index (χ4n) is 10.2. The molecule has 11 atom stereocenters. The van der Waals surface area contributed by atoms with Crippen molar-refractivity contribution in [3.05, 3.63) is 23.7 Å². The molecule has 0 aromatic carbocycles. The molecule has 248 valence electrons. The van der Waals surface area contributed by atoms with Gasteiger partial charge in [0.05, 0.1) is 17.6 Å². The molecule has 4 saturated carbocycles. The van der Waals surface area contributed by atoms with Crippen LogP contribution in [0.1, 0.15) is 84.4 Å². The van der Waals surface area contributed by atoms with Gasteiger partial charge in [0.25, 0.3) is 0 Å². The van der Waals surface area contributed by atoms with Crippen LogP contribution in [-0.4, -0.2) is 69.0 Å². The Kier molecular flexibility index (Phi) is 8.74. The molecule has 5 aliphatic rings. The average molecular weight is 659 g/mol. The van der Waals surface area contributed by atoms with E-state index in [2.05, 4.69) is 32.3 Å². The summed E-state index contributed by atoms with van der Waals surface area (Å²) in [5.41, 5.74) is 11.0. The lowest BCUT2D eigenvalue weighted by molar-refractivity contribution is -0.205. The number of hydrogen-bond donors (Lipinski definition) is 3. The van der Waals surface area contributed by atoms with Gasteiger partial charge in [-0.3, -0.25) is 14.4 Å². The number of ketones is 1. The second-order valence-corrected chi connectivity index (χ2v) is 17.5. The van der Waals surface area contributed by atoms with Gasteiger partial charge in [-0.15, -0.1) is 29.7 Å². The molecule has 45 heavy (non-hydrogen) atoms. The van der Waals surface area contributed by atoms with Crippen LogP contribution in [0.4, 0.5) is 5.13 Å². The predicted molar refractivity (Wildman–Crippen MR) is 177 cm³/mol. The summed E-state index contributed by atoms with van der Waals surface area (Å²) in [6.45, 7) is 14.0. The molecule has 2 heterocycles. The number of anilines is 1. The highest BCUT2D eigenvalue weighted by molar-refractivity contribution is 8.00. The van der Waals surface area contributed by atoms with Gasteiger partial charge < -0.3 is 26.2 Å². The second-order valence-electron chi connectivity index (χ2n) is 15.3. The van der Waals surface area contributed by atoms with Crippen LogP contribution in [-0.2, 0) is 19.1 Å². The van der Waals surface area contributed by atoms with E-state index in [1.54, 1.807) is 17.1 Å². The number of hydrogen-bond acceptors (Lipinski definition) is 10. The smallest absolute Gasteiger partial charge is 0.316 e. The van der Waals surface area contributed by atoms with Gasteiger partial charge in [-0.05, 0) is 67.6 Å². The Labute approximate surface area is 275 Å². The number of amides is 1. The minimum atomic E-state index is -0.795. The number of carbonyl (C=O) groups excluding carboxylic acids is 3. The molecule has 9 nitrogen and oxygen atoms in total. The van der Waals surface area contributed by atoms with Crippen LogP contribution in [0.15, 0.2) is 18.0 Å². The molecular weight excluding hydrogens is 609 g/mol. The van der Waals surface area contributed by atoms with Crippen LogP contribution < -0.4 is 11.5 Å². The number of thiazole rings is 1. The number of carbonyl (C=O) groups is 3. The monoisotopic (exact) mass is 658 g/mol. The lowest BCUT2D eigenvalue weighted by atomic mass is 9.44. The standard InChI is InChI=1S/C34H50N4O5S2/c1-6-32(4)13-25(33(5)18(2)7-9-34(19(3)29(32)41)10-8-24(39)28(33)34)43-26(40)17-44-22-11-20-14-38(15-21(20)12-22)30(42)27(35)23-16-45-31(36)37-23/h6,16,18-22,25,27-29,41H,1,7-15,17,35H2,2-5H3,(H2,36,37)/t18-,19+,20?,21?,22?,25-,27-,28+,29+,32-,33+,34+/m1/s1. The predicted octanol–water partition coefficient (Wildman–Crippen LogP) is 4.60. The van der Waals surface area contributed by atoms with Crippen LogP contribution in [0.5, 0.6) is 0 Å². The third-order valence-corrected chi connectivity index (χ3v) is 15.1. The molecule has 1 amide bonds. The number of aromatic nitrogens is 1. The number of likely N-dealkylation sites (tertiary alicyclic amines) is 1. The molecule has 2 unspecified atom stereocenters. The number of ether oxygens (including phenoxy) is 1. The van der Waals surface area contributed by atoms with Crippen molar-refractivity contribution in [3.63, 3.8) is 0 Å². The zero-order valence-electron chi connectivity index (χ0n) is 27.1. The molecule has 0 spiro atoms. The Morgan fingerprint density at radius 3 is 2.58 bits per heavy atom. The maximum Gasteiger partial charge on any atom is 0.316 e. The normalized spacial score (nSPS) is 43.2. The maximum absolute atomic E-state index is 13.6. The topological polar surface area (TPSA) is 149 Å². The van der Waals surface area contributed by atoms with Gasteiger partial charge in [-0.1, -0.05) is 33.8 Å². The Balaban J connectivity index is 1.10. The molecule has 1 saturated heterocycles. The fraction of sp³-hybridized carbons (Fsp3) is 0.765. The maximum atomic E-state index is 13.6. The van der Waals surface area contributed by atoms with Crippen LogP contribution in [0.3, 0.4) is 0 Å². The average Bonchev–Trinajstić information content (AvgIpc) is 3.79. The zero-order chi connectivity index (χ0) is 32.5. The largest absolute Gasteiger partial charge is 0.461 e. The zero-order valence-corrected chi connectivity index (χ0v) is 28.7. The first-order valence-electron chi connectivity index (χ1n) is 16.6. The molecule has 11 heteroatoms. The fourth-order valence-corrected chi connectivity index (χ4v) is 12.0. The van der Waals surface area contributed by atoms with Gasteiger partial charge in [-0.2, -0.15) is 0 Å². The third-order valence-electron chi connectivity index (χ3n) is 13.2. The number of Topliss-reactive ketones (excluding diaryl/α,β-unsaturated/α-hetero) is 1. The van der Waals surface area contributed by atoms with Crippen molar-refractivity contribution < 1.29 is 24.2 Å². The summed E-state index contributed by atoms with van der Waals surface area (Å²) in [5, 5.41) is 14.2. The van der Waals surface area contributed by atoms with Crippen molar-refractivity contribution in [1.82, 2.24) is 9.88 Å². The van der Waals surface area contributed by atoms with E-state index in [1.807, 2.05) is 17.9 Å². The summed E-state index contributed by atoms with van der Waals surface area (Å²) in [4.78, 5) is 46.3. The Hall–Kier alpha value is -1.95. The Morgan fingerprint density at radius 1 is 1.27 bits per heavy atom. The van der Waals surface area contributed by atoms with Crippen molar-refractivity contribution in [2.75, 3.05) is 24.6 Å². The first-order chi connectivity index (χ1) is 21.2. The van der Waals surface area contributed by atoms with Crippen LogP contribution >= 0.6 is 23.1 Å². The molecule has 2 bridgehead atoms. The summed E-state index contributed by atoms with van der Waals surface area (Å²) >= 11 is 2.93. The van der Waals surface area contributed by atoms with Crippen molar-refractivity contribution >= 4 is 45.9 Å². The number of aliphatic hydroxyl groups is 1. The van der Waals surface area contributed by atoms with Crippen LogP contribution in [0.2, 0.25) is 0 Å². The molecule has 1 aliphatic heterocycles. The van der Waals surface area contributed by atoms with Gasteiger partial charge in [0.1, 0.15) is 17.9 Å². The van der Waals surface area contributed by atoms with E-state index in [0.29, 0.717) is 53.8 Å². The third kappa shape index (κ3) is 5.37. The first kappa shape index (κ1) is 33.0. The quantitative estimate of drug-likeness (QED) is 0.282. The number of rotatable bonds is 7. The first-order valence-corrected chi connectivity index (χ1v) is 18.6. The SMILES string of the molecule is C=C[C@]1(C)C[C@@H](OC(=O)CSC2CC3CN(C(=O)[C@H](N)c4csc(N)n4)CC3C2)[C@]2(C)[C@H](C)CC[C@]3(CCC(=O)[C@H]32)[C@@H](C)[C@@H]1O. The van der Waals surface area contributed by atoms with Crippen molar-refractivity contribution in [3.8, 4) is 0 Å². The lowest BCUT2D eigenvalue weighted by Crippen LogP contribution is -2.63. The molecule has 4 aliphatic carbocycles. The summed E-state index contributed by atoms with van der Waals surface area (Å²) in [6.07, 6.45) is 6.22. The highest BCUT2D eigenvalue weighted by Gasteiger charge is 2.68. The highest BCUT2D eigenvalue weighted by Crippen LogP contribution is 2.68. The van der Waals surface area contributed by atoms with E-state index in [0.717, 1.165) is 32.1 Å². The van der Waals surface area contributed by atoms with Crippen LogP contribution in [0, 0.1) is 45.8 Å². The van der Waals surface area contributed by atoms with Crippen LogP contribution in [0.25, 0.3) is 0 Å². The van der Waals surface area contributed by atoms with Gasteiger partial charge in [0.15, 0.2) is 5.13 Å². The number of nitrogens with two attached hydrogens (primary N) is 2. The Bertz CT molecular complexity index is 1340. The van der Waals surface area contributed by atoms with E-state index in [4.69, 9.17) is 16.2 Å². The van der Waals surface area contributed by atoms with Gasteiger partial charge in [-0.25, -0.2) is 4.98 Å². The number of nitrogens with zero attached hydrogens (tertiary/aromatic N) is 2. The number of fused-ring (bicyclic) bond motifs is 1. The van der Waals surface area contributed by atoms with E-state index >= 15 is 0 Å². The molecule has 1 aromatic heterocycles. The molecule has 0 radical (unpaired) electrons. The van der Waals surface area contributed by atoms with E-state index in [-0.39, 0.29) is 46.6 Å². The van der Waals surface area contributed by atoms with E-state index in [1.165, 1.54) is 11.3 Å². The number of nitrogen functional groups attached to an aromatic ring is 1. The summed E-state index contributed by atoms with van der Waals surface area (Å²) in [7, 11) is 0. The molecule has 6 rings (SSSR count). The van der Waals surface area contributed by atoms with Crippen molar-refractivity contribution in [1.29, 1.82) is 0 Å². The number of thioether (sulfide) groups is 1. The van der Waals surface area contributed by atoms with Gasteiger partial charge in [0.2, 0.25) is 5.91 Å². The molecule has 5 fully saturated rings. The second kappa shape index (κ2) is 11.9. The minimum absolute atomic E-state index is 0.0501. The summed E-state index contributed by atoms with van der Waals surface area (Å²) in [6, 6.07) is -0.795. The molecule has 1 aromatic rings. The number of esters is 1. The summed E-state index contributed by atoms with van der Waals surface area (Å²) in [5.74, 6) is 0.868. The van der Waals surface area contributed by atoms with Crippen molar-refractivity contribution in [2.24, 2.45) is 51.6 Å². The van der Waals surface area contributed by atoms with Crippen molar-refractivity contribution in [2.45, 2.75) is 96.1 Å². The van der Waals surface area contributed by atoms with Gasteiger partial charge in [0, 0.05) is 46.9 Å². The van der Waals surface area contributed by atoms with E-state index < -0.39 is 29.1 Å². The van der Waals surface area contributed by atoms with Gasteiger partial charge >= 0.3 is 5.97 Å². The minimum Gasteiger partial charge on any atom is -0.461 e. The van der Waals surface area contributed by atoms with E-state index in [9.17, 15) is 19.5 Å². The summed E-state index contributed by atoms with van der Waals surface area (Å²) < 4.78 is 6.44. The molecule has 5 N–H and O–H groups in total. The Morgan fingerprint density at radius 2 is 1.96 bits per heavy atom. The lowest BCUT2D eigenvalue weighted by Gasteiger charge is -2.61.